The van der Waals surface area contributed by atoms with Crippen LogP contribution in [0.4, 0.5) is 5.69 Å². The fraction of sp³-hybridized carbons (Fsp3) is 0.304. The second-order valence-corrected chi connectivity index (χ2v) is 8.30. The SMILES string of the molecule is Cc1ccc(N2C(=O)c3ccccc3C2C2=C(O)CC(C)(C)CC2=O)cc1. The van der Waals surface area contributed by atoms with E-state index in [-0.39, 0.29) is 22.9 Å². The lowest BCUT2D eigenvalue weighted by atomic mass is 9.74. The van der Waals surface area contributed by atoms with Gasteiger partial charge in [0, 0.05) is 24.1 Å². The number of benzene rings is 2. The first-order chi connectivity index (χ1) is 12.8. The van der Waals surface area contributed by atoms with Gasteiger partial charge in [-0.05, 0) is 36.1 Å². The van der Waals surface area contributed by atoms with E-state index in [1.54, 1.807) is 11.0 Å². The third-order valence-electron chi connectivity index (χ3n) is 5.44. The highest BCUT2D eigenvalue weighted by molar-refractivity contribution is 6.14. The van der Waals surface area contributed by atoms with Gasteiger partial charge in [0.15, 0.2) is 5.78 Å². The number of hydrogen-bond acceptors (Lipinski definition) is 3. The van der Waals surface area contributed by atoms with Crippen LogP contribution in [0.2, 0.25) is 0 Å². The van der Waals surface area contributed by atoms with E-state index in [0.29, 0.717) is 24.0 Å². The number of anilines is 1. The Balaban J connectivity index is 1.91. The molecular weight excluding hydrogens is 338 g/mol. The summed E-state index contributed by atoms with van der Waals surface area (Å²) in [5, 5.41) is 10.8. The highest BCUT2D eigenvalue weighted by Gasteiger charge is 2.45. The summed E-state index contributed by atoms with van der Waals surface area (Å²) in [6.07, 6.45) is 0.795. The van der Waals surface area contributed by atoms with Crippen LogP contribution in [-0.2, 0) is 4.79 Å². The van der Waals surface area contributed by atoms with Crippen LogP contribution >= 0.6 is 0 Å². The number of amides is 1. The Labute approximate surface area is 159 Å². The third kappa shape index (κ3) is 2.85. The number of carbonyl (C=O) groups excluding carboxylic acids is 2. The molecule has 2 aromatic carbocycles. The lowest BCUT2D eigenvalue weighted by Crippen LogP contribution is -2.35. The Kier molecular flexibility index (Phi) is 3.95. The molecule has 4 nitrogen and oxygen atoms in total. The first kappa shape index (κ1) is 17.5. The number of aliphatic hydroxyl groups is 1. The van der Waals surface area contributed by atoms with Crippen LogP contribution in [0.15, 0.2) is 59.9 Å². The molecule has 0 bridgehead atoms. The summed E-state index contributed by atoms with van der Waals surface area (Å²) in [7, 11) is 0. The van der Waals surface area contributed by atoms with E-state index >= 15 is 0 Å². The number of nitrogens with zero attached hydrogens (tertiary/aromatic N) is 1. The maximum Gasteiger partial charge on any atom is 0.259 e. The van der Waals surface area contributed by atoms with E-state index in [1.807, 2.05) is 63.2 Å². The van der Waals surface area contributed by atoms with Crippen LogP contribution in [-0.4, -0.2) is 16.8 Å². The van der Waals surface area contributed by atoms with Crippen molar-refractivity contribution in [3.05, 3.63) is 76.6 Å². The molecule has 0 saturated carbocycles. The van der Waals surface area contributed by atoms with Crippen LogP contribution in [0.3, 0.4) is 0 Å². The number of rotatable bonds is 2. The monoisotopic (exact) mass is 361 g/mol. The second kappa shape index (κ2) is 6.08. The van der Waals surface area contributed by atoms with Gasteiger partial charge in [0.2, 0.25) is 0 Å². The molecule has 0 fully saturated rings. The molecule has 0 aromatic heterocycles. The Hall–Kier alpha value is -2.88. The summed E-state index contributed by atoms with van der Waals surface area (Å²) in [5.74, 6) is -0.129. The summed E-state index contributed by atoms with van der Waals surface area (Å²) < 4.78 is 0. The molecule has 2 aromatic rings. The molecule has 1 aliphatic heterocycles. The Bertz CT molecular complexity index is 969. The number of aliphatic hydroxyl groups excluding tert-OH is 1. The van der Waals surface area contributed by atoms with Gasteiger partial charge >= 0.3 is 0 Å². The maximum atomic E-state index is 13.2. The number of carbonyl (C=O) groups is 2. The van der Waals surface area contributed by atoms with Crippen molar-refractivity contribution in [1.82, 2.24) is 0 Å². The van der Waals surface area contributed by atoms with Gasteiger partial charge in [-0.15, -0.1) is 0 Å². The molecule has 1 amide bonds. The van der Waals surface area contributed by atoms with Crippen LogP contribution in [0.1, 0.15) is 54.2 Å². The summed E-state index contributed by atoms with van der Waals surface area (Å²) in [5.41, 5.74) is 3.26. The lowest BCUT2D eigenvalue weighted by molar-refractivity contribution is -0.118. The van der Waals surface area contributed by atoms with Gasteiger partial charge in [-0.3, -0.25) is 14.5 Å². The van der Waals surface area contributed by atoms with Gasteiger partial charge in [-0.1, -0.05) is 49.7 Å². The second-order valence-electron chi connectivity index (χ2n) is 8.30. The quantitative estimate of drug-likeness (QED) is 0.828. The molecule has 0 radical (unpaired) electrons. The van der Waals surface area contributed by atoms with E-state index in [9.17, 15) is 14.7 Å². The number of hydrogen-bond donors (Lipinski definition) is 1. The molecule has 138 valence electrons. The molecule has 1 heterocycles. The molecule has 1 unspecified atom stereocenters. The van der Waals surface area contributed by atoms with Crippen molar-refractivity contribution in [2.45, 2.75) is 39.7 Å². The van der Waals surface area contributed by atoms with Gasteiger partial charge < -0.3 is 5.11 Å². The highest BCUT2D eigenvalue weighted by Crippen LogP contribution is 2.47. The van der Waals surface area contributed by atoms with Crippen molar-refractivity contribution in [1.29, 1.82) is 0 Å². The molecule has 1 atom stereocenters. The molecule has 0 saturated heterocycles. The van der Waals surface area contributed by atoms with Crippen LogP contribution in [0, 0.1) is 12.3 Å². The van der Waals surface area contributed by atoms with Gasteiger partial charge in [0.25, 0.3) is 5.91 Å². The van der Waals surface area contributed by atoms with Crippen molar-refractivity contribution in [2.75, 3.05) is 4.90 Å². The molecule has 1 aliphatic carbocycles. The van der Waals surface area contributed by atoms with Gasteiger partial charge in [-0.25, -0.2) is 0 Å². The molecule has 4 rings (SSSR count). The van der Waals surface area contributed by atoms with E-state index in [1.165, 1.54) is 0 Å². The maximum absolute atomic E-state index is 13.2. The predicted octanol–water partition coefficient (Wildman–Crippen LogP) is 4.90. The average Bonchev–Trinajstić information content (AvgIpc) is 2.87. The van der Waals surface area contributed by atoms with E-state index < -0.39 is 6.04 Å². The minimum Gasteiger partial charge on any atom is -0.512 e. The number of fused-ring (bicyclic) bond motifs is 1. The normalized spacial score (nSPS) is 21.6. The summed E-state index contributed by atoms with van der Waals surface area (Å²) in [4.78, 5) is 27.8. The smallest absolute Gasteiger partial charge is 0.259 e. The van der Waals surface area contributed by atoms with E-state index in [2.05, 4.69) is 0 Å². The zero-order chi connectivity index (χ0) is 19.3. The largest absolute Gasteiger partial charge is 0.512 e. The number of allylic oxidation sites excluding steroid dienone is 1. The Morgan fingerprint density at radius 2 is 1.67 bits per heavy atom. The van der Waals surface area contributed by atoms with Crippen molar-refractivity contribution < 1.29 is 14.7 Å². The van der Waals surface area contributed by atoms with Gasteiger partial charge in [0.05, 0.1) is 11.6 Å². The fourth-order valence-corrected chi connectivity index (χ4v) is 4.18. The molecule has 0 spiro atoms. The minimum atomic E-state index is -0.583. The van der Waals surface area contributed by atoms with Gasteiger partial charge in [-0.2, -0.15) is 0 Å². The van der Waals surface area contributed by atoms with Crippen LogP contribution in [0.25, 0.3) is 0 Å². The number of aryl methyl sites for hydroxylation is 1. The minimum absolute atomic E-state index is 0.0876. The fourth-order valence-electron chi connectivity index (χ4n) is 4.18. The van der Waals surface area contributed by atoms with Crippen molar-refractivity contribution >= 4 is 17.4 Å². The molecule has 1 N–H and O–H groups in total. The van der Waals surface area contributed by atoms with Crippen LogP contribution < -0.4 is 4.90 Å². The number of Topliss-reactive ketones (excluding diaryl/α,β-unsaturated/α-hetero) is 1. The molecule has 4 heteroatoms. The summed E-state index contributed by atoms with van der Waals surface area (Å²) in [6.45, 7) is 5.94. The number of ketones is 1. The van der Waals surface area contributed by atoms with Crippen molar-refractivity contribution in [3.8, 4) is 0 Å². The molecule has 2 aliphatic rings. The zero-order valence-corrected chi connectivity index (χ0v) is 15.8. The van der Waals surface area contributed by atoms with Gasteiger partial charge in [0.1, 0.15) is 5.76 Å². The topological polar surface area (TPSA) is 57.6 Å². The standard InChI is InChI=1S/C23H23NO3/c1-14-8-10-15(11-9-14)24-21(16-6-4-5-7-17(16)22(24)27)20-18(25)12-23(2,3)13-19(20)26/h4-11,21,25H,12-13H2,1-3H3. The van der Waals surface area contributed by atoms with Crippen molar-refractivity contribution in [3.63, 3.8) is 0 Å². The predicted molar refractivity (Wildman–Crippen MR) is 105 cm³/mol. The van der Waals surface area contributed by atoms with Crippen molar-refractivity contribution in [2.24, 2.45) is 5.41 Å². The first-order valence-corrected chi connectivity index (χ1v) is 9.23. The average molecular weight is 361 g/mol. The summed E-state index contributed by atoms with van der Waals surface area (Å²) >= 11 is 0. The highest BCUT2D eigenvalue weighted by atomic mass is 16.3. The Morgan fingerprint density at radius 1 is 1.00 bits per heavy atom. The van der Waals surface area contributed by atoms with E-state index in [0.717, 1.165) is 16.8 Å². The Morgan fingerprint density at radius 3 is 2.33 bits per heavy atom. The summed E-state index contributed by atoms with van der Waals surface area (Å²) in [6, 6.07) is 14.4. The zero-order valence-electron chi connectivity index (χ0n) is 15.8. The lowest BCUT2D eigenvalue weighted by Gasteiger charge is -2.34. The molecular formula is C23H23NO3. The first-order valence-electron chi connectivity index (χ1n) is 9.23. The third-order valence-corrected chi connectivity index (χ3v) is 5.44. The van der Waals surface area contributed by atoms with E-state index in [4.69, 9.17) is 0 Å². The van der Waals surface area contributed by atoms with Crippen LogP contribution in [0.5, 0.6) is 0 Å². The molecule has 27 heavy (non-hydrogen) atoms.